The number of benzene rings is 1. The quantitative estimate of drug-likeness (QED) is 0.736. The molecule has 4 heteroatoms. The number of aliphatic hydroxyl groups is 1. The molecule has 14 heavy (non-hydrogen) atoms. The van der Waals surface area contributed by atoms with Gasteiger partial charge in [-0.3, -0.25) is 4.79 Å². The Kier molecular flexibility index (Phi) is 3.48. The molecule has 3 N–H and O–H groups in total. The maximum absolute atomic E-state index is 10.9. The molecule has 0 saturated heterocycles. The molecule has 0 fully saturated rings. The Bertz CT molecular complexity index is 323. The fraction of sp³-hybridized carbons (Fsp3) is 0.300. The first-order chi connectivity index (χ1) is 6.61. The van der Waals surface area contributed by atoms with Crippen molar-refractivity contribution in [3.63, 3.8) is 0 Å². The number of hydrogen-bond donors (Lipinski definition) is 2. The first kappa shape index (κ1) is 10.5. The standard InChI is InChI=1S/C10H13NO3/c1-7(12)6-14-9-5-3-2-4-8(9)10(11)13/h2-5,7,12H,6H2,1H3,(H2,11,13)/t7-/m1/s1. The summed E-state index contributed by atoms with van der Waals surface area (Å²) in [5, 5.41) is 9.00. The molecule has 0 aromatic heterocycles. The number of hydrogen-bond acceptors (Lipinski definition) is 3. The molecule has 0 aliphatic rings. The highest BCUT2D eigenvalue weighted by atomic mass is 16.5. The van der Waals surface area contributed by atoms with Crippen LogP contribution in [0.4, 0.5) is 0 Å². The number of rotatable bonds is 4. The summed E-state index contributed by atoms with van der Waals surface area (Å²) in [6.07, 6.45) is -0.573. The maximum Gasteiger partial charge on any atom is 0.252 e. The minimum Gasteiger partial charge on any atom is -0.490 e. The van der Waals surface area contributed by atoms with E-state index in [1.165, 1.54) is 0 Å². The molecule has 0 aliphatic carbocycles. The molecule has 0 bridgehead atoms. The van der Waals surface area contributed by atoms with Gasteiger partial charge in [0.05, 0.1) is 11.7 Å². The van der Waals surface area contributed by atoms with E-state index in [0.717, 1.165) is 0 Å². The highest BCUT2D eigenvalue weighted by molar-refractivity contribution is 5.95. The van der Waals surface area contributed by atoms with Gasteiger partial charge in [0.15, 0.2) is 0 Å². The molecule has 0 radical (unpaired) electrons. The number of ether oxygens (including phenoxy) is 1. The number of primary amides is 1. The van der Waals surface area contributed by atoms with Crippen LogP contribution in [0, 0.1) is 0 Å². The van der Waals surface area contributed by atoms with Crippen LogP contribution in [-0.2, 0) is 0 Å². The van der Waals surface area contributed by atoms with Crippen molar-refractivity contribution in [3.8, 4) is 5.75 Å². The molecule has 1 rings (SSSR count). The normalized spacial score (nSPS) is 12.1. The summed E-state index contributed by atoms with van der Waals surface area (Å²) in [4.78, 5) is 10.9. The van der Waals surface area contributed by atoms with Gasteiger partial charge in [-0.15, -0.1) is 0 Å². The predicted molar refractivity (Wildman–Crippen MR) is 52.1 cm³/mol. The molecule has 1 aromatic rings. The molecule has 0 aliphatic heterocycles. The fourth-order valence-corrected chi connectivity index (χ4v) is 1.01. The average Bonchev–Trinajstić information content (AvgIpc) is 2.15. The van der Waals surface area contributed by atoms with Crippen molar-refractivity contribution in [2.45, 2.75) is 13.0 Å². The van der Waals surface area contributed by atoms with E-state index in [1.807, 2.05) is 0 Å². The molecular formula is C10H13NO3. The van der Waals surface area contributed by atoms with Gasteiger partial charge in [-0.1, -0.05) is 12.1 Å². The zero-order valence-electron chi connectivity index (χ0n) is 7.93. The van der Waals surface area contributed by atoms with Gasteiger partial charge in [0, 0.05) is 0 Å². The predicted octanol–water partition coefficient (Wildman–Crippen LogP) is 0.545. The van der Waals surface area contributed by atoms with Gasteiger partial charge in [-0.05, 0) is 19.1 Å². The third-order valence-electron chi connectivity index (χ3n) is 1.63. The van der Waals surface area contributed by atoms with Crippen LogP contribution in [0.3, 0.4) is 0 Å². The maximum atomic E-state index is 10.9. The Morgan fingerprint density at radius 2 is 2.21 bits per heavy atom. The Morgan fingerprint density at radius 1 is 1.57 bits per heavy atom. The number of aliphatic hydroxyl groups excluding tert-OH is 1. The molecule has 4 nitrogen and oxygen atoms in total. The van der Waals surface area contributed by atoms with E-state index >= 15 is 0 Å². The first-order valence-electron chi connectivity index (χ1n) is 4.31. The lowest BCUT2D eigenvalue weighted by molar-refractivity contribution is 0.0983. The largest absolute Gasteiger partial charge is 0.490 e. The molecule has 0 unspecified atom stereocenters. The highest BCUT2D eigenvalue weighted by Gasteiger charge is 2.08. The fourth-order valence-electron chi connectivity index (χ4n) is 1.01. The highest BCUT2D eigenvalue weighted by Crippen LogP contribution is 2.17. The third-order valence-corrected chi connectivity index (χ3v) is 1.63. The van der Waals surface area contributed by atoms with Crippen LogP contribution in [-0.4, -0.2) is 23.7 Å². The van der Waals surface area contributed by atoms with Crippen LogP contribution in [0.25, 0.3) is 0 Å². The summed E-state index contributed by atoms with van der Waals surface area (Å²) in [5.74, 6) is -0.132. The summed E-state index contributed by atoms with van der Waals surface area (Å²) in [6.45, 7) is 1.75. The summed E-state index contributed by atoms with van der Waals surface area (Å²) < 4.78 is 5.21. The minimum atomic E-state index is -0.573. The molecule has 0 spiro atoms. The molecule has 0 saturated carbocycles. The van der Waals surface area contributed by atoms with Crippen molar-refractivity contribution in [1.29, 1.82) is 0 Å². The zero-order chi connectivity index (χ0) is 10.6. The van der Waals surface area contributed by atoms with Crippen LogP contribution >= 0.6 is 0 Å². The van der Waals surface area contributed by atoms with Crippen molar-refractivity contribution in [3.05, 3.63) is 29.8 Å². The van der Waals surface area contributed by atoms with Crippen molar-refractivity contribution in [2.24, 2.45) is 5.73 Å². The number of para-hydroxylation sites is 1. The van der Waals surface area contributed by atoms with Crippen LogP contribution in [0.1, 0.15) is 17.3 Å². The molecule has 1 atom stereocenters. The second kappa shape index (κ2) is 4.62. The summed E-state index contributed by atoms with van der Waals surface area (Å²) in [5.41, 5.74) is 5.47. The van der Waals surface area contributed by atoms with E-state index < -0.39 is 12.0 Å². The lowest BCUT2D eigenvalue weighted by Gasteiger charge is -2.10. The van der Waals surface area contributed by atoms with E-state index in [9.17, 15) is 4.79 Å². The van der Waals surface area contributed by atoms with E-state index in [1.54, 1.807) is 31.2 Å². The molecule has 1 amide bonds. The van der Waals surface area contributed by atoms with Crippen molar-refractivity contribution < 1.29 is 14.6 Å². The van der Waals surface area contributed by atoms with Gasteiger partial charge in [0.2, 0.25) is 0 Å². The van der Waals surface area contributed by atoms with Crippen LogP contribution < -0.4 is 10.5 Å². The minimum absolute atomic E-state index is 0.143. The smallest absolute Gasteiger partial charge is 0.252 e. The number of carbonyl (C=O) groups is 1. The van der Waals surface area contributed by atoms with Crippen molar-refractivity contribution >= 4 is 5.91 Å². The van der Waals surface area contributed by atoms with Crippen LogP contribution in [0.5, 0.6) is 5.75 Å². The van der Waals surface area contributed by atoms with E-state index in [0.29, 0.717) is 11.3 Å². The lowest BCUT2D eigenvalue weighted by atomic mass is 10.2. The first-order valence-corrected chi connectivity index (χ1v) is 4.31. The molecule has 1 aromatic carbocycles. The Balaban J connectivity index is 2.79. The summed E-state index contributed by atoms with van der Waals surface area (Å²) >= 11 is 0. The second-order valence-corrected chi connectivity index (χ2v) is 3.02. The monoisotopic (exact) mass is 195 g/mol. The Morgan fingerprint density at radius 3 is 2.79 bits per heavy atom. The van der Waals surface area contributed by atoms with Gasteiger partial charge in [0.1, 0.15) is 12.4 Å². The van der Waals surface area contributed by atoms with Gasteiger partial charge in [0.25, 0.3) is 5.91 Å². The van der Waals surface area contributed by atoms with E-state index in [2.05, 4.69) is 0 Å². The van der Waals surface area contributed by atoms with E-state index in [4.69, 9.17) is 15.6 Å². The average molecular weight is 195 g/mol. The van der Waals surface area contributed by atoms with Crippen molar-refractivity contribution in [2.75, 3.05) is 6.61 Å². The molecular weight excluding hydrogens is 182 g/mol. The number of carbonyl (C=O) groups excluding carboxylic acids is 1. The number of amides is 1. The molecule has 76 valence electrons. The van der Waals surface area contributed by atoms with Gasteiger partial charge < -0.3 is 15.6 Å². The van der Waals surface area contributed by atoms with Gasteiger partial charge in [-0.25, -0.2) is 0 Å². The third kappa shape index (κ3) is 2.74. The second-order valence-electron chi connectivity index (χ2n) is 3.02. The van der Waals surface area contributed by atoms with Gasteiger partial charge >= 0.3 is 0 Å². The van der Waals surface area contributed by atoms with Gasteiger partial charge in [-0.2, -0.15) is 0 Å². The lowest BCUT2D eigenvalue weighted by Crippen LogP contribution is -2.17. The van der Waals surface area contributed by atoms with Crippen LogP contribution in [0.2, 0.25) is 0 Å². The SMILES string of the molecule is C[C@@H](O)COc1ccccc1C(N)=O. The van der Waals surface area contributed by atoms with Crippen LogP contribution in [0.15, 0.2) is 24.3 Å². The van der Waals surface area contributed by atoms with E-state index in [-0.39, 0.29) is 6.61 Å². The Hall–Kier alpha value is -1.55. The topological polar surface area (TPSA) is 72.6 Å². The zero-order valence-corrected chi connectivity index (χ0v) is 7.93. The molecule has 0 heterocycles. The summed E-state index contributed by atoms with van der Waals surface area (Å²) in [7, 11) is 0. The Labute approximate surface area is 82.3 Å². The van der Waals surface area contributed by atoms with Crippen molar-refractivity contribution in [1.82, 2.24) is 0 Å². The summed E-state index contributed by atoms with van der Waals surface area (Å²) in [6, 6.07) is 6.67. The number of nitrogens with two attached hydrogens (primary N) is 1.